The molecule has 3 N–H and O–H groups in total. The van der Waals surface area contributed by atoms with Crippen LogP contribution >= 0.6 is 0 Å². The number of hydrazine groups is 1. The normalized spacial score (nSPS) is 9.80. The average molecular weight is 270 g/mol. The van der Waals surface area contributed by atoms with Gasteiger partial charge >= 0.3 is 0 Å². The van der Waals surface area contributed by atoms with Crippen molar-refractivity contribution in [1.29, 1.82) is 10.5 Å². The number of furan rings is 1. The number of aryl methyl sites for hydroxylation is 1. The van der Waals surface area contributed by atoms with Crippen LogP contribution in [0.1, 0.15) is 33.3 Å². The molecule has 0 saturated heterocycles. The number of nitrogens with zero attached hydrogens (tertiary/aromatic N) is 4. The zero-order valence-electron chi connectivity index (χ0n) is 10.5. The molecular formula is C12H10N6O2. The minimum Gasteiger partial charge on any atom is -0.464 e. The maximum absolute atomic E-state index is 11.5. The fourth-order valence-electron chi connectivity index (χ4n) is 1.79. The number of carbonyl (C=O) groups excluding carboxylic acids is 1. The Bertz CT molecular complexity index is 743. The number of aromatic nitrogens is 2. The van der Waals surface area contributed by atoms with E-state index in [0.717, 1.165) is 0 Å². The summed E-state index contributed by atoms with van der Waals surface area (Å²) in [6, 6.07) is 5.27. The van der Waals surface area contributed by atoms with Crippen LogP contribution < -0.4 is 11.3 Å². The summed E-state index contributed by atoms with van der Waals surface area (Å²) in [7, 11) is 0. The summed E-state index contributed by atoms with van der Waals surface area (Å²) in [5.41, 5.74) is 2.54. The van der Waals surface area contributed by atoms with Crippen molar-refractivity contribution in [3.8, 4) is 12.1 Å². The lowest BCUT2D eigenvalue weighted by Gasteiger charge is -1.99. The number of rotatable bonds is 3. The van der Waals surface area contributed by atoms with Gasteiger partial charge < -0.3 is 8.98 Å². The molecule has 0 bridgehead atoms. The number of nitrogens with two attached hydrogens (primary N) is 1. The lowest BCUT2D eigenvalue weighted by atomic mass is 10.2. The lowest BCUT2D eigenvalue weighted by molar-refractivity contribution is 0.0952. The standard InChI is InChI=1S/C12H10N6O2/c1-7-9(12(19)17-15)2-8(20-7)5-18-6-16-10(3-13)11(18)4-14/h2,6H,5,15H2,1H3,(H,17,19). The predicted octanol–water partition coefficient (Wildman–Crippen LogP) is 0.180. The molecule has 2 rings (SSSR count). The Morgan fingerprint density at radius 3 is 2.90 bits per heavy atom. The molecule has 8 heteroatoms. The van der Waals surface area contributed by atoms with Gasteiger partial charge in [0.2, 0.25) is 0 Å². The second kappa shape index (κ2) is 5.26. The first kappa shape index (κ1) is 13.3. The molecule has 2 heterocycles. The van der Waals surface area contributed by atoms with Crippen LogP contribution in [0.15, 0.2) is 16.8 Å². The van der Waals surface area contributed by atoms with Crippen LogP contribution in [0, 0.1) is 29.6 Å². The maximum Gasteiger partial charge on any atom is 0.268 e. The van der Waals surface area contributed by atoms with Gasteiger partial charge in [0.05, 0.1) is 18.4 Å². The van der Waals surface area contributed by atoms with Crippen LogP contribution in [0.2, 0.25) is 0 Å². The molecule has 2 aromatic rings. The smallest absolute Gasteiger partial charge is 0.268 e. The molecule has 0 aliphatic carbocycles. The van der Waals surface area contributed by atoms with Crippen molar-refractivity contribution in [3.63, 3.8) is 0 Å². The summed E-state index contributed by atoms with van der Waals surface area (Å²) in [5.74, 6) is 5.49. The first-order chi connectivity index (χ1) is 9.60. The lowest BCUT2D eigenvalue weighted by Crippen LogP contribution is -2.30. The number of amides is 1. The Labute approximate surface area is 114 Å². The van der Waals surface area contributed by atoms with E-state index in [9.17, 15) is 4.79 Å². The molecule has 0 spiro atoms. The number of carbonyl (C=O) groups is 1. The van der Waals surface area contributed by atoms with Crippen molar-refractivity contribution in [2.45, 2.75) is 13.5 Å². The second-order valence-corrected chi connectivity index (χ2v) is 3.95. The van der Waals surface area contributed by atoms with Crippen molar-refractivity contribution >= 4 is 5.91 Å². The van der Waals surface area contributed by atoms with Crippen LogP contribution in [0.4, 0.5) is 0 Å². The van der Waals surface area contributed by atoms with Gasteiger partial charge in [0.25, 0.3) is 5.91 Å². The van der Waals surface area contributed by atoms with Crippen LogP contribution in [0.25, 0.3) is 0 Å². The van der Waals surface area contributed by atoms with Crippen molar-refractivity contribution in [1.82, 2.24) is 15.0 Å². The number of nitrogen functional groups attached to an aromatic ring is 1. The van der Waals surface area contributed by atoms with Gasteiger partial charge in [0.15, 0.2) is 11.4 Å². The molecule has 0 aliphatic rings. The van der Waals surface area contributed by atoms with Crippen LogP contribution in [-0.2, 0) is 6.54 Å². The summed E-state index contributed by atoms with van der Waals surface area (Å²) >= 11 is 0. The van der Waals surface area contributed by atoms with E-state index in [-0.39, 0.29) is 17.9 Å². The van der Waals surface area contributed by atoms with E-state index >= 15 is 0 Å². The summed E-state index contributed by atoms with van der Waals surface area (Å²) < 4.78 is 6.90. The zero-order chi connectivity index (χ0) is 14.7. The quantitative estimate of drug-likeness (QED) is 0.464. The Morgan fingerprint density at radius 1 is 1.55 bits per heavy atom. The third kappa shape index (κ3) is 2.23. The molecule has 20 heavy (non-hydrogen) atoms. The third-order valence-electron chi connectivity index (χ3n) is 2.72. The van der Waals surface area contributed by atoms with Gasteiger partial charge in [-0.2, -0.15) is 10.5 Å². The highest BCUT2D eigenvalue weighted by Gasteiger charge is 2.16. The van der Waals surface area contributed by atoms with Gasteiger partial charge in [-0.05, 0) is 13.0 Å². The van der Waals surface area contributed by atoms with E-state index in [1.807, 2.05) is 17.6 Å². The van der Waals surface area contributed by atoms with Crippen molar-refractivity contribution < 1.29 is 9.21 Å². The van der Waals surface area contributed by atoms with Crippen molar-refractivity contribution in [2.24, 2.45) is 5.84 Å². The SMILES string of the molecule is Cc1oc(Cn2cnc(C#N)c2C#N)cc1C(=O)NN. The Morgan fingerprint density at radius 2 is 2.30 bits per heavy atom. The zero-order valence-corrected chi connectivity index (χ0v) is 10.5. The third-order valence-corrected chi connectivity index (χ3v) is 2.72. The molecular weight excluding hydrogens is 260 g/mol. The molecule has 2 aromatic heterocycles. The van der Waals surface area contributed by atoms with E-state index in [0.29, 0.717) is 17.1 Å². The van der Waals surface area contributed by atoms with Gasteiger partial charge in [-0.3, -0.25) is 10.2 Å². The topological polar surface area (TPSA) is 134 Å². The van der Waals surface area contributed by atoms with Crippen molar-refractivity contribution in [3.05, 3.63) is 40.9 Å². The summed E-state index contributed by atoms with van der Waals surface area (Å²) in [6.07, 6.45) is 1.37. The van der Waals surface area contributed by atoms with E-state index in [1.54, 1.807) is 6.92 Å². The maximum atomic E-state index is 11.5. The van der Waals surface area contributed by atoms with Gasteiger partial charge in [0, 0.05) is 0 Å². The fourth-order valence-corrected chi connectivity index (χ4v) is 1.79. The van der Waals surface area contributed by atoms with Gasteiger partial charge in [-0.15, -0.1) is 0 Å². The minimum absolute atomic E-state index is 0.0516. The number of nitrogens with one attached hydrogen (secondary N) is 1. The number of hydrogen-bond acceptors (Lipinski definition) is 6. The molecule has 8 nitrogen and oxygen atoms in total. The van der Waals surface area contributed by atoms with Gasteiger partial charge in [-0.1, -0.05) is 0 Å². The molecule has 0 unspecified atom stereocenters. The average Bonchev–Trinajstić information content (AvgIpc) is 3.01. The Balaban J connectivity index is 2.33. The minimum atomic E-state index is -0.457. The fraction of sp³-hybridized carbons (Fsp3) is 0.167. The Hall–Kier alpha value is -3.10. The molecule has 1 amide bonds. The molecule has 0 fully saturated rings. The first-order valence-corrected chi connectivity index (χ1v) is 5.56. The second-order valence-electron chi connectivity index (χ2n) is 3.95. The highest BCUT2D eigenvalue weighted by atomic mass is 16.3. The number of hydrogen-bond donors (Lipinski definition) is 2. The van der Waals surface area contributed by atoms with Crippen LogP contribution in [-0.4, -0.2) is 15.5 Å². The van der Waals surface area contributed by atoms with Crippen LogP contribution in [0.3, 0.4) is 0 Å². The van der Waals surface area contributed by atoms with Crippen molar-refractivity contribution in [2.75, 3.05) is 0 Å². The number of nitriles is 2. The van der Waals surface area contributed by atoms with Gasteiger partial charge in [-0.25, -0.2) is 10.8 Å². The molecule has 0 atom stereocenters. The highest BCUT2D eigenvalue weighted by Crippen LogP contribution is 2.17. The largest absolute Gasteiger partial charge is 0.464 e. The molecule has 0 aromatic carbocycles. The van der Waals surface area contributed by atoms with Crippen LogP contribution in [0.5, 0.6) is 0 Å². The monoisotopic (exact) mass is 270 g/mol. The first-order valence-electron chi connectivity index (χ1n) is 5.56. The Kier molecular flexibility index (Phi) is 3.51. The van der Waals surface area contributed by atoms with E-state index in [2.05, 4.69) is 4.98 Å². The summed E-state index contributed by atoms with van der Waals surface area (Å²) in [6.45, 7) is 1.82. The van der Waals surface area contributed by atoms with Gasteiger partial charge in [0.1, 0.15) is 23.7 Å². The number of imidazole rings is 1. The molecule has 0 radical (unpaired) electrons. The molecule has 0 saturated carbocycles. The highest BCUT2D eigenvalue weighted by molar-refractivity contribution is 5.94. The van der Waals surface area contributed by atoms with E-state index in [1.165, 1.54) is 17.0 Å². The predicted molar refractivity (Wildman–Crippen MR) is 65.9 cm³/mol. The molecule has 0 aliphatic heterocycles. The van der Waals surface area contributed by atoms with E-state index < -0.39 is 5.91 Å². The van der Waals surface area contributed by atoms with E-state index in [4.69, 9.17) is 20.8 Å². The molecule has 100 valence electrons. The summed E-state index contributed by atoms with van der Waals surface area (Å²) in [4.78, 5) is 15.3. The summed E-state index contributed by atoms with van der Waals surface area (Å²) in [5, 5.41) is 17.8.